The Morgan fingerprint density at radius 1 is 1.26 bits per heavy atom. The number of aromatic nitrogens is 3. The van der Waals surface area contributed by atoms with E-state index >= 15 is 0 Å². The van der Waals surface area contributed by atoms with Gasteiger partial charge in [-0.05, 0) is 20.5 Å². The van der Waals surface area contributed by atoms with Crippen LogP contribution in [0.1, 0.15) is 13.3 Å². The molecule has 0 aliphatic heterocycles. The Balaban J connectivity index is 2.16. The maximum absolute atomic E-state index is 4.58. The van der Waals surface area contributed by atoms with Crippen LogP contribution >= 0.6 is 0 Å². The minimum atomic E-state index is 0.827. The van der Waals surface area contributed by atoms with Crippen molar-refractivity contribution in [2.75, 3.05) is 44.4 Å². The van der Waals surface area contributed by atoms with Crippen molar-refractivity contribution >= 4 is 17.3 Å². The van der Waals surface area contributed by atoms with Crippen molar-refractivity contribution < 1.29 is 0 Å². The molecule has 0 unspecified atom stereocenters. The predicted octanol–water partition coefficient (Wildman–Crippen LogP) is 1.52. The highest BCUT2D eigenvalue weighted by atomic mass is 15.2. The summed E-state index contributed by atoms with van der Waals surface area (Å²) in [6.07, 6.45) is 6.77. The zero-order valence-electron chi connectivity index (χ0n) is 11.8. The SMILES string of the molecule is CCCNc1cn2ccnc2c(NCCN(C)C)n1. The lowest BCUT2D eigenvalue weighted by molar-refractivity contribution is 0.425. The second-order valence-electron chi connectivity index (χ2n) is 4.79. The number of hydrogen-bond donors (Lipinski definition) is 2. The van der Waals surface area contributed by atoms with Gasteiger partial charge in [0.25, 0.3) is 0 Å². The summed E-state index contributed by atoms with van der Waals surface area (Å²) in [4.78, 5) is 11.1. The van der Waals surface area contributed by atoms with Gasteiger partial charge in [0.2, 0.25) is 0 Å². The Kier molecular flexibility index (Phi) is 4.57. The van der Waals surface area contributed by atoms with Crippen molar-refractivity contribution in [2.24, 2.45) is 0 Å². The molecule has 0 aliphatic carbocycles. The van der Waals surface area contributed by atoms with Crippen LogP contribution < -0.4 is 10.6 Å². The van der Waals surface area contributed by atoms with Crippen LogP contribution in [0.2, 0.25) is 0 Å². The van der Waals surface area contributed by atoms with Crippen molar-refractivity contribution in [3.05, 3.63) is 18.6 Å². The highest BCUT2D eigenvalue weighted by Crippen LogP contribution is 2.16. The number of likely N-dealkylation sites (N-methyl/N-ethyl adjacent to an activating group) is 1. The highest BCUT2D eigenvalue weighted by molar-refractivity contribution is 5.65. The molecular formula is C13H22N6. The quantitative estimate of drug-likeness (QED) is 0.792. The standard InChI is InChI=1S/C13H22N6/c1-4-5-14-11-10-19-9-7-16-13(19)12(17-11)15-6-8-18(2)3/h7,9-10,14H,4-6,8H2,1-3H3,(H,15,17). The molecular weight excluding hydrogens is 240 g/mol. The Bertz CT molecular complexity index is 519. The molecule has 0 spiro atoms. The molecule has 0 saturated carbocycles. The maximum Gasteiger partial charge on any atom is 0.180 e. The van der Waals surface area contributed by atoms with Crippen LogP contribution in [-0.4, -0.2) is 53.0 Å². The fraction of sp³-hybridized carbons (Fsp3) is 0.538. The number of anilines is 2. The molecule has 0 amide bonds. The molecule has 0 atom stereocenters. The van der Waals surface area contributed by atoms with Crippen molar-refractivity contribution in [1.82, 2.24) is 19.3 Å². The minimum absolute atomic E-state index is 0.827. The molecule has 104 valence electrons. The molecule has 0 fully saturated rings. The molecule has 2 aromatic rings. The zero-order valence-corrected chi connectivity index (χ0v) is 11.8. The molecule has 2 heterocycles. The Labute approximate surface area is 113 Å². The van der Waals surface area contributed by atoms with Gasteiger partial charge in [0.15, 0.2) is 11.5 Å². The summed E-state index contributed by atoms with van der Waals surface area (Å²) in [5.41, 5.74) is 0.862. The van der Waals surface area contributed by atoms with Crippen LogP contribution in [-0.2, 0) is 0 Å². The van der Waals surface area contributed by atoms with Gasteiger partial charge in [-0.3, -0.25) is 0 Å². The third-order valence-electron chi connectivity index (χ3n) is 2.78. The van der Waals surface area contributed by atoms with E-state index in [2.05, 4.69) is 46.5 Å². The molecule has 6 nitrogen and oxygen atoms in total. The Hall–Kier alpha value is -1.82. The summed E-state index contributed by atoms with van der Waals surface area (Å²) in [6, 6.07) is 0. The first-order chi connectivity index (χ1) is 9.20. The molecule has 2 rings (SSSR count). The van der Waals surface area contributed by atoms with E-state index < -0.39 is 0 Å². The third-order valence-corrected chi connectivity index (χ3v) is 2.78. The average Bonchev–Trinajstić information content (AvgIpc) is 2.84. The molecule has 2 N–H and O–H groups in total. The third kappa shape index (κ3) is 3.57. The Morgan fingerprint density at radius 2 is 2.11 bits per heavy atom. The van der Waals surface area contributed by atoms with Gasteiger partial charge in [-0.2, -0.15) is 0 Å². The van der Waals surface area contributed by atoms with Gasteiger partial charge in [-0.25, -0.2) is 9.97 Å². The summed E-state index contributed by atoms with van der Waals surface area (Å²) in [7, 11) is 4.11. The normalized spacial score (nSPS) is 11.2. The lowest BCUT2D eigenvalue weighted by Crippen LogP contribution is -2.21. The van der Waals surface area contributed by atoms with Gasteiger partial charge in [-0.15, -0.1) is 0 Å². The number of rotatable bonds is 7. The van der Waals surface area contributed by atoms with E-state index in [1.54, 1.807) is 6.20 Å². The van der Waals surface area contributed by atoms with Gasteiger partial charge in [0.1, 0.15) is 5.82 Å². The summed E-state index contributed by atoms with van der Waals surface area (Å²) >= 11 is 0. The lowest BCUT2D eigenvalue weighted by Gasteiger charge is -2.13. The van der Waals surface area contributed by atoms with Crippen molar-refractivity contribution in [3.8, 4) is 0 Å². The molecule has 0 bridgehead atoms. The van der Waals surface area contributed by atoms with Crippen molar-refractivity contribution in [3.63, 3.8) is 0 Å². The first kappa shape index (κ1) is 13.6. The topological polar surface area (TPSA) is 57.5 Å². The summed E-state index contributed by atoms with van der Waals surface area (Å²) in [5.74, 6) is 1.70. The maximum atomic E-state index is 4.58. The minimum Gasteiger partial charge on any atom is -0.369 e. The van der Waals surface area contributed by atoms with E-state index in [0.717, 1.165) is 43.3 Å². The monoisotopic (exact) mass is 262 g/mol. The van der Waals surface area contributed by atoms with Crippen LogP contribution in [0.5, 0.6) is 0 Å². The smallest absolute Gasteiger partial charge is 0.180 e. The fourth-order valence-electron chi connectivity index (χ4n) is 1.79. The summed E-state index contributed by atoms with van der Waals surface area (Å²) in [6.45, 7) is 4.87. The van der Waals surface area contributed by atoms with Crippen molar-refractivity contribution in [2.45, 2.75) is 13.3 Å². The van der Waals surface area contributed by atoms with Crippen LogP contribution in [0.4, 0.5) is 11.6 Å². The van der Waals surface area contributed by atoms with E-state index in [1.165, 1.54) is 0 Å². The van der Waals surface area contributed by atoms with Crippen LogP contribution in [0, 0.1) is 0 Å². The zero-order chi connectivity index (χ0) is 13.7. The van der Waals surface area contributed by atoms with Crippen molar-refractivity contribution in [1.29, 1.82) is 0 Å². The average molecular weight is 262 g/mol. The summed E-state index contributed by atoms with van der Waals surface area (Å²) in [5, 5.41) is 6.65. The van der Waals surface area contributed by atoms with Gasteiger partial charge >= 0.3 is 0 Å². The Morgan fingerprint density at radius 3 is 2.84 bits per heavy atom. The van der Waals surface area contributed by atoms with Crippen LogP contribution in [0.25, 0.3) is 5.65 Å². The van der Waals surface area contributed by atoms with Gasteiger partial charge in [0, 0.05) is 32.0 Å². The van der Waals surface area contributed by atoms with E-state index in [-0.39, 0.29) is 0 Å². The predicted molar refractivity (Wildman–Crippen MR) is 78.8 cm³/mol. The van der Waals surface area contributed by atoms with E-state index in [4.69, 9.17) is 0 Å². The molecule has 6 heteroatoms. The second-order valence-corrected chi connectivity index (χ2v) is 4.79. The van der Waals surface area contributed by atoms with Crippen LogP contribution in [0.15, 0.2) is 18.6 Å². The number of nitrogens with zero attached hydrogens (tertiary/aromatic N) is 4. The van der Waals surface area contributed by atoms with Gasteiger partial charge < -0.3 is 19.9 Å². The van der Waals surface area contributed by atoms with Crippen LogP contribution in [0.3, 0.4) is 0 Å². The fourth-order valence-corrected chi connectivity index (χ4v) is 1.79. The first-order valence-electron chi connectivity index (χ1n) is 6.67. The van der Waals surface area contributed by atoms with E-state index in [1.807, 2.05) is 16.8 Å². The largest absolute Gasteiger partial charge is 0.369 e. The lowest BCUT2D eigenvalue weighted by atomic mass is 10.4. The molecule has 0 aliphatic rings. The molecule has 0 radical (unpaired) electrons. The summed E-state index contributed by atoms with van der Waals surface area (Å²) < 4.78 is 1.99. The molecule has 19 heavy (non-hydrogen) atoms. The highest BCUT2D eigenvalue weighted by Gasteiger charge is 2.06. The van der Waals surface area contributed by atoms with Gasteiger partial charge in [-0.1, -0.05) is 6.92 Å². The number of fused-ring (bicyclic) bond motifs is 1. The van der Waals surface area contributed by atoms with E-state index in [9.17, 15) is 0 Å². The molecule has 0 saturated heterocycles. The van der Waals surface area contributed by atoms with Gasteiger partial charge in [0.05, 0.1) is 6.20 Å². The van der Waals surface area contributed by atoms with E-state index in [0.29, 0.717) is 0 Å². The molecule has 2 aromatic heterocycles. The second kappa shape index (κ2) is 6.38. The number of hydrogen-bond acceptors (Lipinski definition) is 5. The molecule has 0 aromatic carbocycles. The number of nitrogens with one attached hydrogen (secondary N) is 2. The number of imidazole rings is 1. The first-order valence-corrected chi connectivity index (χ1v) is 6.67.